The van der Waals surface area contributed by atoms with E-state index in [0.717, 1.165) is 16.5 Å². The van der Waals surface area contributed by atoms with E-state index in [1.54, 1.807) is 24.4 Å². The number of hydrogen-bond donors (Lipinski definition) is 0. The lowest BCUT2D eigenvalue weighted by Gasteiger charge is -2.04. The van der Waals surface area contributed by atoms with Crippen LogP contribution in [0.15, 0.2) is 54.7 Å². The molecule has 3 rings (SSSR count). The SMILES string of the molecule is COC(=O)c1cccc(-c2ncc3ccccc3n2)c1. The summed E-state index contributed by atoms with van der Waals surface area (Å²) in [6, 6.07) is 14.9. The van der Waals surface area contributed by atoms with Crippen molar-refractivity contribution < 1.29 is 9.53 Å². The number of methoxy groups -OCH3 is 1. The second-order valence-electron chi connectivity index (χ2n) is 4.32. The average molecular weight is 264 g/mol. The molecule has 0 saturated carbocycles. The molecular formula is C16H12N2O2. The van der Waals surface area contributed by atoms with Gasteiger partial charge in [0.05, 0.1) is 18.2 Å². The summed E-state index contributed by atoms with van der Waals surface area (Å²) < 4.78 is 4.72. The van der Waals surface area contributed by atoms with E-state index >= 15 is 0 Å². The molecule has 0 aliphatic rings. The number of aromatic nitrogens is 2. The topological polar surface area (TPSA) is 52.1 Å². The molecule has 0 aliphatic heterocycles. The molecule has 2 aromatic carbocycles. The van der Waals surface area contributed by atoms with E-state index in [4.69, 9.17) is 4.74 Å². The predicted octanol–water partition coefficient (Wildman–Crippen LogP) is 3.08. The monoisotopic (exact) mass is 264 g/mol. The number of para-hydroxylation sites is 1. The Kier molecular flexibility index (Phi) is 3.13. The van der Waals surface area contributed by atoms with E-state index in [9.17, 15) is 4.79 Å². The maximum absolute atomic E-state index is 11.5. The van der Waals surface area contributed by atoms with Crippen molar-refractivity contribution in [1.29, 1.82) is 0 Å². The van der Waals surface area contributed by atoms with Gasteiger partial charge in [-0.15, -0.1) is 0 Å². The highest BCUT2D eigenvalue weighted by atomic mass is 16.5. The second-order valence-corrected chi connectivity index (χ2v) is 4.32. The Labute approximate surface area is 116 Å². The molecular weight excluding hydrogens is 252 g/mol. The number of esters is 1. The van der Waals surface area contributed by atoms with Gasteiger partial charge in [-0.05, 0) is 18.2 Å². The summed E-state index contributed by atoms with van der Waals surface area (Å²) in [6.07, 6.45) is 1.78. The summed E-state index contributed by atoms with van der Waals surface area (Å²) >= 11 is 0. The highest BCUT2D eigenvalue weighted by Crippen LogP contribution is 2.19. The van der Waals surface area contributed by atoms with Gasteiger partial charge in [0, 0.05) is 17.1 Å². The van der Waals surface area contributed by atoms with Crippen molar-refractivity contribution in [2.45, 2.75) is 0 Å². The molecule has 4 heteroatoms. The molecule has 20 heavy (non-hydrogen) atoms. The van der Waals surface area contributed by atoms with E-state index in [0.29, 0.717) is 11.4 Å². The maximum Gasteiger partial charge on any atom is 0.337 e. The summed E-state index contributed by atoms with van der Waals surface area (Å²) in [5.74, 6) is 0.224. The number of rotatable bonds is 2. The van der Waals surface area contributed by atoms with Gasteiger partial charge in [-0.2, -0.15) is 0 Å². The van der Waals surface area contributed by atoms with Crippen molar-refractivity contribution in [2.24, 2.45) is 0 Å². The smallest absolute Gasteiger partial charge is 0.337 e. The average Bonchev–Trinajstić information content (AvgIpc) is 2.53. The molecule has 1 aromatic heterocycles. The summed E-state index contributed by atoms with van der Waals surface area (Å²) in [7, 11) is 1.36. The van der Waals surface area contributed by atoms with Crippen LogP contribution in [0.3, 0.4) is 0 Å². The fraction of sp³-hybridized carbons (Fsp3) is 0.0625. The van der Waals surface area contributed by atoms with Crippen LogP contribution in [0.5, 0.6) is 0 Å². The standard InChI is InChI=1S/C16H12N2O2/c1-20-16(19)12-7-4-6-11(9-12)15-17-10-13-5-2-3-8-14(13)18-15/h2-10H,1H3. The van der Waals surface area contributed by atoms with Gasteiger partial charge in [0.2, 0.25) is 0 Å². The van der Waals surface area contributed by atoms with Gasteiger partial charge in [-0.1, -0.05) is 30.3 Å². The molecule has 0 fully saturated rings. The Morgan fingerprint density at radius 1 is 1.10 bits per heavy atom. The van der Waals surface area contributed by atoms with Crippen molar-refractivity contribution in [3.8, 4) is 11.4 Å². The van der Waals surface area contributed by atoms with Crippen LogP contribution in [0.2, 0.25) is 0 Å². The first-order chi connectivity index (χ1) is 9.78. The van der Waals surface area contributed by atoms with Crippen molar-refractivity contribution in [3.63, 3.8) is 0 Å². The lowest BCUT2D eigenvalue weighted by Crippen LogP contribution is -2.01. The fourth-order valence-corrected chi connectivity index (χ4v) is 2.01. The van der Waals surface area contributed by atoms with Gasteiger partial charge in [0.15, 0.2) is 5.82 Å². The second kappa shape index (κ2) is 5.09. The number of carbonyl (C=O) groups is 1. The van der Waals surface area contributed by atoms with Crippen LogP contribution >= 0.6 is 0 Å². The lowest BCUT2D eigenvalue weighted by molar-refractivity contribution is 0.0601. The molecule has 0 unspecified atom stereocenters. The number of nitrogens with zero attached hydrogens (tertiary/aromatic N) is 2. The molecule has 98 valence electrons. The summed E-state index contributed by atoms with van der Waals surface area (Å²) in [5.41, 5.74) is 2.15. The van der Waals surface area contributed by atoms with Crippen molar-refractivity contribution in [2.75, 3.05) is 7.11 Å². The van der Waals surface area contributed by atoms with E-state index in [-0.39, 0.29) is 5.97 Å². The highest BCUT2D eigenvalue weighted by Gasteiger charge is 2.08. The van der Waals surface area contributed by atoms with Crippen LogP contribution in [0, 0.1) is 0 Å². The maximum atomic E-state index is 11.5. The summed E-state index contributed by atoms with van der Waals surface area (Å²) in [6.45, 7) is 0. The first-order valence-corrected chi connectivity index (χ1v) is 6.18. The highest BCUT2D eigenvalue weighted by molar-refractivity contribution is 5.90. The Hall–Kier alpha value is -2.75. The minimum Gasteiger partial charge on any atom is -0.465 e. The third-order valence-electron chi connectivity index (χ3n) is 3.03. The molecule has 0 atom stereocenters. The number of ether oxygens (including phenoxy) is 1. The van der Waals surface area contributed by atoms with E-state index in [2.05, 4.69) is 9.97 Å². The zero-order valence-corrected chi connectivity index (χ0v) is 10.9. The van der Waals surface area contributed by atoms with Crippen LogP contribution in [0.1, 0.15) is 10.4 Å². The molecule has 4 nitrogen and oxygen atoms in total. The number of hydrogen-bond acceptors (Lipinski definition) is 4. The van der Waals surface area contributed by atoms with Crippen molar-refractivity contribution in [3.05, 3.63) is 60.3 Å². The molecule has 0 aliphatic carbocycles. The van der Waals surface area contributed by atoms with E-state index < -0.39 is 0 Å². The van der Waals surface area contributed by atoms with Gasteiger partial charge >= 0.3 is 5.97 Å². The van der Waals surface area contributed by atoms with Gasteiger partial charge in [0.25, 0.3) is 0 Å². The molecule has 0 saturated heterocycles. The minimum atomic E-state index is -0.368. The van der Waals surface area contributed by atoms with Gasteiger partial charge in [-0.3, -0.25) is 0 Å². The van der Waals surface area contributed by atoms with Crippen LogP contribution in [0.25, 0.3) is 22.3 Å². The van der Waals surface area contributed by atoms with Crippen molar-refractivity contribution >= 4 is 16.9 Å². The van der Waals surface area contributed by atoms with Crippen molar-refractivity contribution in [1.82, 2.24) is 9.97 Å². The molecule has 0 N–H and O–H groups in total. The lowest BCUT2D eigenvalue weighted by atomic mass is 10.1. The van der Waals surface area contributed by atoms with Crippen LogP contribution < -0.4 is 0 Å². The molecule has 3 aromatic rings. The molecule has 1 heterocycles. The Balaban J connectivity index is 2.08. The van der Waals surface area contributed by atoms with E-state index in [1.165, 1.54) is 7.11 Å². The first-order valence-electron chi connectivity index (χ1n) is 6.18. The molecule has 0 radical (unpaired) electrons. The third kappa shape index (κ3) is 2.23. The zero-order chi connectivity index (χ0) is 13.9. The number of carbonyl (C=O) groups excluding carboxylic acids is 1. The Morgan fingerprint density at radius 3 is 2.80 bits per heavy atom. The Morgan fingerprint density at radius 2 is 1.95 bits per heavy atom. The molecule has 0 spiro atoms. The van der Waals surface area contributed by atoms with E-state index in [1.807, 2.05) is 30.3 Å². The normalized spacial score (nSPS) is 10.4. The summed E-state index contributed by atoms with van der Waals surface area (Å²) in [5, 5.41) is 0.986. The Bertz CT molecular complexity index is 784. The van der Waals surface area contributed by atoms with Gasteiger partial charge in [0.1, 0.15) is 0 Å². The molecule has 0 bridgehead atoms. The quantitative estimate of drug-likeness (QED) is 0.667. The van der Waals surface area contributed by atoms with Gasteiger partial charge in [-0.25, -0.2) is 14.8 Å². The fourth-order valence-electron chi connectivity index (χ4n) is 2.01. The zero-order valence-electron chi connectivity index (χ0n) is 10.9. The molecule has 0 amide bonds. The minimum absolute atomic E-state index is 0.368. The largest absolute Gasteiger partial charge is 0.465 e. The van der Waals surface area contributed by atoms with Crippen LogP contribution in [0.4, 0.5) is 0 Å². The summed E-state index contributed by atoms with van der Waals surface area (Å²) in [4.78, 5) is 20.4. The van der Waals surface area contributed by atoms with Crippen LogP contribution in [-0.4, -0.2) is 23.0 Å². The first kappa shape index (κ1) is 12.3. The van der Waals surface area contributed by atoms with Crippen LogP contribution in [-0.2, 0) is 4.74 Å². The predicted molar refractivity (Wildman–Crippen MR) is 76.3 cm³/mol. The third-order valence-corrected chi connectivity index (χ3v) is 3.03. The number of benzene rings is 2. The van der Waals surface area contributed by atoms with Gasteiger partial charge < -0.3 is 4.74 Å². The number of fused-ring (bicyclic) bond motifs is 1.